The van der Waals surface area contributed by atoms with Crippen molar-refractivity contribution in [1.82, 2.24) is 15.1 Å². The third-order valence-electron chi connectivity index (χ3n) is 2.93. The molecule has 2 aromatic rings. The summed E-state index contributed by atoms with van der Waals surface area (Å²) in [6.07, 6.45) is 3.90. The maximum absolute atomic E-state index is 6.35. The fourth-order valence-corrected chi connectivity index (χ4v) is 2.41. The summed E-state index contributed by atoms with van der Waals surface area (Å²) in [5.41, 5.74) is 3.40. The molecule has 4 heteroatoms. The Morgan fingerprint density at radius 2 is 2.22 bits per heavy atom. The summed E-state index contributed by atoms with van der Waals surface area (Å²) in [5.74, 6) is 0. The number of halogens is 1. The molecule has 0 aliphatic carbocycles. The average Bonchev–Trinajstić information content (AvgIpc) is 2.73. The zero-order valence-corrected chi connectivity index (χ0v) is 11.7. The van der Waals surface area contributed by atoms with Gasteiger partial charge in [-0.25, -0.2) is 0 Å². The van der Waals surface area contributed by atoms with E-state index >= 15 is 0 Å². The van der Waals surface area contributed by atoms with Gasteiger partial charge in [0.25, 0.3) is 0 Å². The molecule has 0 aliphatic rings. The second kappa shape index (κ2) is 5.55. The highest BCUT2D eigenvalue weighted by Gasteiger charge is 2.17. The fourth-order valence-electron chi connectivity index (χ4n) is 2.07. The van der Waals surface area contributed by atoms with Gasteiger partial charge in [-0.05, 0) is 30.7 Å². The van der Waals surface area contributed by atoms with E-state index in [1.165, 1.54) is 5.56 Å². The molecule has 0 bridgehead atoms. The Morgan fingerprint density at radius 1 is 1.44 bits per heavy atom. The lowest BCUT2D eigenvalue weighted by Gasteiger charge is -2.18. The van der Waals surface area contributed by atoms with Gasteiger partial charge in [-0.3, -0.25) is 4.68 Å². The highest BCUT2D eigenvalue weighted by Crippen LogP contribution is 2.28. The summed E-state index contributed by atoms with van der Waals surface area (Å²) >= 11 is 6.35. The average molecular weight is 264 g/mol. The number of hydrogen-bond donors (Lipinski definition) is 1. The molecular weight excluding hydrogens is 246 g/mol. The van der Waals surface area contributed by atoms with E-state index in [-0.39, 0.29) is 6.04 Å². The summed E-state index contributed by atoms with van der Waals surface area (Å²) in [7, 11) is 1.92. The van der Waals surface area contributed by atoms with Crippen LogP contribution in [0.25, 0.3) is 0 Å². The van der Waals surface area contributed by atoms with E-state index in [1.807, 2.05) is 37.1 Å². The largest absolute Gasteiger partial charge is 0.306 e. The van der Waals surface area contributed by atoms with Gasteiger partial charge in [0, 0.05) is 23.8 Å². The lowest BCUT2D eigenvalue weighted by molar-refractivity contribution is 0.630. The van der Waals surface area contributed by atoms with E-state index in [1.54, 1.807) is 0 Å². The van der Waals surface area contributed by atoms with Crippen molar-refractivity contribution < 1.29 is 0 Å². The molecule has 0 saturated carbocycles. The molecule has 0 spiro atoms. The summed E-state index contributed by atoms with van der Waals surface area (Å²) in [6.45, 7) is 5.01. The molecule has 1 heterocycles. The van der Waals surface area contributed by atoms with Crippen molar-refractivity contribution >= 4 is 11.6 Å². The molecule has 1 aromatic carbocycles. The first-order chi connectivity index (χ1) is 8.61. The molecule has 0 saturated heterocycles. The number of aryl methyl sites for hydroxylation is 2. The van der Waals surface area contributed by atoms with Crippen LogP contribution in [0.15, 0.2) is 30.6 Å². The van der Waals surface area contributed by atoms with E-state index in [2.05, 4.69) is 29.5 Å². The predicted octanol–water partition coefficient (Wildman–Crippen LogP) is 3.08. The first kappa shape index (κ1) is 13.1. The van der Waals surface area contributed by atoms with Crippen LogP contribution in [0.2, 0.25) is 5.02 Å². The van der Waals surface area contributed by atoms with Gasteiger partial charge in [0.2, 0.25) is 0 Å². The van der Waals surface area contributed by atoms with Crippen molar-refractivity contribution in [3.63, 3.8) is 0 Å². The second-order valence-corrected chi connectivity index (χ2v) is 4.87. The number of nitrogens with zero attached hydrogens (tertiary/aromatic N) is 2. The number of benzene rings is 1. The zero-order valence-electron chi connectivity index (χ0n) is 10.9. The van der Waals surface area contributed by atoms with E-state index in [4.69, 9.17) is 11.6 Å². The number of nitrogens with one attached hydrogen (secondary N) is 1. The zero-order chi connectivity index (χ0) is 13.1. The second-order valence-electron chi connectivity index (χ2n) is 4.46. The molecule has 96 valence electrons. The lowest BCUT2D eigenvalue weighted by atomic mass is 10.0. The first-order valence-electron chi connectivity index (χ1n) is 6.09. The van der Waals surface area contributed by atoms with E-state index in [0.29, 0.717) is 0 Å². The van der Waals surface area contributed by atoms with E-state index in [0.717, 1.165) is 22.7 Å². The van der Waals surface area contributed by atoms with Crippen LogP contribution in [0.1, 0.15) is 29.7 Å². The smallest absolute Gasteiger partial charge is 0.0622 e. The molecule has 2 rings (SSSR count). The van der Waals surface area contributed by atoms with E-state index in [9.17, 15) is 0 Å². The molecule has 0 fully saturated rings. The summed E-state index contributed by atoms with van der Waals surface area (Å²) in [6, 6.07) is 6.26. The normalized spacial score (nSPS) is 12.7. The fraction of sp³-hybridized carbons (Fsp3) is 0.357. The maximum Gasteiger partial charge on any atom is 0.0622 e. The van der Waals surface area contributed by atoms with Crippen LogP contribution in [0.5, 0.6) is 0 Å². The first-order valence-corrected chi connectivity index (χ1v) is 6.47. The minimum absolute atomic E-state index is 0.0943. The maximum atomic E-state index is 6.35. The monoisotopic (exact) mass is 263 g/mol. The minimum Gasteiger partial charge on any atom is -0.306 e. The van der Waals surface area contributed by atoms with Gasteiger partial charge in [0.15, 0.2) is 0 Å². The Bertz CT molecular complexity index is 534. The minimum atomic E-state index is 0.0943. The topological polar surface area (TPSA) is 29.9 Å². The summed E-state index contributed by atoms with van der Waals surface area (Å²) < 4.78 is 1.81. The third-order valence-corrected chi connectivity index (χ3v) is 3.26. The van der Waals surface area contributed by atoms with Gasteiger partial charge < -0.3 is 5.32 Å². The number of rotatable bonds is 4. The van der Waals surface area contributed by atoms with Crippen molar-refractivity contribution in [3.8, 4) is 0 Å². The Morgan fingerprint density at radius 3 is 2.78 bits per heavy atom. The SMILES string of the molecule is CCNC(c1cnn(C)c1)c1ccc(C)cc1Cl. The number of hydrogen-bond acceptors (Lipinski definition) is 2. The van der Waals surface area contributed by atoms with Crippen LogP contribution in [-0.4, -0.2) is 16.3 Å². The Hall–Kier alpha value is -1.32. The van der Waals surface area contributed by atoms with Crippen molar-refractivity contribution in [1.29, 1.82) is 0 Å². The van der Waals surface area contributed by atoms with Crippen LogP contribution < -0.4 is 5.32 Å². The molecule has 1 atom stereocenters. The Kier molecular flexibility index (Phi) is 4.04. The molecule has 0 aliphatic heterocycles. The molecule has 0 radical (unpaired) electrons. The molecule has 18 heavy (non-hydrogen) atoms. The molecule has 1 N–H and O–H groups in total. The van der Waals surface area contributed by atoms with Gasteiger partial charge in [-0.15, -0.1) is 0 Å². The molecule has 1 aromatic heterocycles. The van der Waals surface area contributed by atoms with Gasteiger partial charge >= 0.3 is 0 Å². The molecular formula is C14H18ClN3. The van der Waals surface area contributed by atoms with Crippen molar-refractivity contribution in [2.45, 2.75) is 19.9 Å². The standard InChI is InChI=1S/C14H18ClN3/c1-4-16-14(11-8-17-18(3)9-11)12-6-5-10(2)7-13(12)15/h5-9,14,16H,4H2,1-3H3. The van der Waals surface area contributed by atoms with E-state index < -0.39 is 0 Å². The lowest BCUT2D eigenvalue weighted by Crippen LogP contribution is -2.22. The van der Waals surface area contributed by atoms with Gasteiger partial charge in [-0.2, -0.15) is 5.10 Å². The number of aromatic nitrogens is 2. The molecule has 0 amide bonds. The third kappa shape index (κ3) is 2.74. The quantitative estimate of drug-likeness (QED) is 0.919. The van der Waals surface area contributed by atoms with Crippen molar-refractivity contribution in [2.75, 3.05) is 6.54 Å². The van der Waals surface area contributed by atoms with Crippen LogP contribution in [0, 0.1) is 6.92 Å². The Labute approximate surface area is 113 Å². The highest BCUT2D eigenvalue weighted by molar-refractivity contribution is 6.31. The van der Waals surface area contributed by atoms with Crippen LogP contribution in [-0.2, 0) is 7.05 Å². The molecule has 3 nitrogen and oxygen atoms in total. The van der Waals surface area contributed by atoms with Gasteiger partial charge in [0.1, 0.15) is 0 Å². The highest BCUT2D eigenvalue weighted by atomic mass is 35.5. The predicted molar refractivity (Wildman–Crippen MR) is 74.9 cm³/mol. The molecule has 1 unspecified atom stereocenters. The van der Waals surface area contributed by atoms with Crippen molar-refractivity contribution in [3.05, 3.63) is 52.3 Å². The van der Waals surface area contributed by atoms with Crippen molar-refractivity contribution in [2.24, 2.45) is 7.05 Å². The Balaban J connectivity index is 2.41. The summed E-state index contributed by atoms with van der Waals surface area (Å²) in [4.78, 5) is 0. The van der Waals surface area contributed by atoms with Gasteiger partial charge in [-0.1, -0.05) is 30.7 Å². The summed E-state index contributed by atoms with van der Waals surface area (Å²) in [5, 5.41) is 8.47. The van der Waals surface area contributed by atoms with Crippen LogP contribution in [0.3, 0.4) is 0 Å². The van der Waals surface area contributed by atoms with Crippen LogP contribution >= 0.6 is 11.6 Å². The van der Waals surface area contributed by atoms with Crippen LogP contribution in [0.4, 0.5) is 0 Å². The van der Waals surface area contributed by atoms with Gasteiger partial charge in [0.05, 0.1) is 12.2 Å².